The second-order valence-corrected chi connectivity index (χ2v) is 5.03. The number of benzene rings is 2. The lowest BCUT2D eigenvalue weighted by Crippen LogP contribution is -2.26. The van der Waals surface area contributed by atoms with Crippen molar-refractivity contribution in [1.29, 1.82) is 0 Å². The molecule has 2 aromatic rings. The molecular weight excluding hydrogens is 262 g/mol. The second kappa shape index (κ2) is 6.70. The minimum absolute atomic E-state index is 0.204. The lowest BCUT2D eigenvalue weighted by atomic mass is 9.91. The number of aryl methyl sites for hydroxylation is 1. The standard InChI is InChI=1S/C17H19N3O/c1-12-6-5-7-13(10-12)11-15(16(21)20-17(18)19)14-8-3-2-4-9-14/h2-10,15H,11H2,1H3,(H4,18,19,20,21)/t15-/m0/s1. The summed E-state index contributed by atoms with van der Waals surface area (Å²) in [6.45, 7) is 2.03. The van der Waals surface area contributed by atoms with Gasteiger partial charge in [-0.15, -0.1) is 0 Å². The maximum atomic E-state index is 12.3. The quantitative estimate of drug-likeness (QED) is 0.665. The molecule has 0 bridgehead atoms. The molecule has 0 saturated carbocycles. The molecule has 0 fully saturated rings. The summed E-state index contributed by atoms with van der Waals surface area (Å²) in [6.07, 6.45) is 0.571. The number of hydrogen-bond donors (Lipinski definition) is 2. The fourth-order valence-corrected chi connectivity index (χ4v) is 2.31. The summed E-state index contributed by atoms with van der Waals surface area (Å²) in [7, 11) is 0. The maximum Gasteiger partial charge on any atom is 0.256 e. The van der Waals surface area contributed by atoms with E-state index in [1.165, 1.54) is 0 Å². The van der Waals surface area contributed by atoms with E-state index in [-0.39, 0.29) is 17.8 Å². The van der Waals surface area contributed by atoms with Gasteiger partial charge in [-0.05, 0) is 24.5 Å². The molecule has 2 rings (SSSR count). The van der Waals surface area contributed by atoms with Gasteiger partial charge in [-0.25, -0.2) is 0 Å². The van der Waals surface area contributed by atoms with Crippen LogP contribution in [0.2, 0.25) is 0 Å². The van der Waals surface area contributed by atoms with Crippen LogP contribution >= 0.6 is 0 Å². The number of hydrogen-bond acceptors (Lipinski definition) is 1. The Morgan fingerprint density at radius 2 is 1.81 bits per heavy atom. The van der Waals surface area contributed by atoms with E-state index in [0.717, 1.165) is 16.7 Å². The number of rotatable bonds is 4. The summed E-state index contributed by atoms with van der Waals surface area (Å²) in [5.41, 5.74) is 13.8. The number of nitrogens with two attached hydrogens (primary N) is 2. The fraction of sp³-hybridized carbons (Fsp3) is 0.176. The first-order chi connectivity index (χ1) is 10.1. The van der Waals surface area contributed by atoms with E-state index < -0.39 is 0 Å². The highest BCUT2D eigenvalue weighted by atomic mass is 16.1. The lowest BCUT2D eigenvalue weighted by Gasteiger charge is -2.14. The smallest absolute Gasteiger partial charge is 0.256 e. The summed E-state index contributed by atoms with van der Waals surface area (Å²) in [4.78, 5) is 16.0. The summed E-state index contributed by atoms with van der Waals surface area (Å²) >= 11 is 0. The summed E-state index contributed by atoms with van der Waals surface area (Å²) in [6, 6.07) is 17.6. The zero-order valence-electron chi connectivity index (χ0n) is 12.0. The van der Waals surface area contributed by atoms with Gasteiger partial charge >= 0.3 is 0 Å². The van der Waals surface area contributed by atoms with Crippen molar-refractivity contribution in [2.45, 2.75) is 19.3 Å². The van der Waals surface area contributed by atoms with Crippen LogP contribution in [0.25, 0.3) is 0 Å². The van der Waals surface area contributed by atoms with Gasteiger partial charge in [0.2, 0.25) is 0 Å². The molecule has 0 unspecified atom stereocenters. The predicted octanol–water partition coefficient (Wildman–Crippen LogP) is 2.12. The zero-order valence-corrected chi connectivity index (χ0v) is 12.0. The van der Waals surface area contributed by atoms with E-state index in [0.29, 0.717) is 6.42 Å². The van der Waals surface area contributed by atoms with E-state index in [2.05, 4.69) is 11.1 Å². The Morgan fingerprint density at radius 1 is 1.10 bits per heavy atom. The van der Waals surface area contributed by atoms with Crippen molar-refractivity contribution in [2.24, 2.45) is 16.5 Å². The van der Waals surface area contributed by atoms with Gasteiger partial charge in [0, 0.05) is 0 Å². The van der Waals surface area contributed by atoms with Crippen molar-refractivity contribution in [3.05, 3.63) is 71.3 Å². The van der Waals surface area contributed by atoms with Crippen molar-refractivity contribution < 1.29 is 4.79 Å². The molecule has 1 atom stereocenters. The first-order valence-corrected chi connectivity index (χ1v) is 6.80. The van der Waals surface area contributed by atoms with Crippen LogP contribution in [0.4, 0.5) is 0 Å². The van der Waals surface area contributed by atoms with Crippen molar-refractivity contribution in [3.8, 4) is 0 Å². The summed E-state index contributed by atoms with van der Waals surface area (Å²) in [5, 5.41) is 0. The van der Waals surface area contributed by atoms with Crippen molar-refractivity contribution in [3.63, 3.8) is 0 Å². The molecule has 0 aromatic heterocycles. The Balaban J connectivity index is 2.32. The number of amides is 1. The van der Waals surface area contributed by atoms with E-state index in [9.17, 15) is 4.79 Å². The summed E-state index contributed by atoms with van der Waals surface area (Å²) in [5.74, 6) is -0.900. The highest BCUT2D eigenvalue weighted by Gasteiger charge is 2.20. The van der Waals surface area contributed by atoms with Gasteiger partial charge in [0.15, 0.2) is 5.96 Å². The number of carbonyl (C=O) groups is 1. The van der Waals surface area contributed by atoms with Crippen LogP contribution in [0.15, 0.2) is 59.6 Å². The molecule has 1 amide bonds. The van der Waals surface area contributed by atoms with E-state index in [1.54, 1.807) is 0 Å². The van der Waals surface area contributed by atoms with Gasteiger partial charge in [0.05, 0.1) is 5.92 Å². The Morgan fingerprint density at radius 3 is 2.43 bits per heavy atom. The SMILES string of the molecule is Cc1cccc(C[C@H](C(=O)N=C(N)N)c2ccccc2)c1. The van der Waals surface area contributed by atoms with Crippen molar-refractivity contribution >= 4 is 11.9 Å². The molecule has 0 aliphatic carbocycles. The zero-order chi connectivity index (χ0) is 15.2. The Kier molecular flexibility index (Phi) is 4.72. The molecule has 0 heterocycles. The number of nitrogens with zero attached hydrogens (tertiary/aromatic N) is 1. The topological polar surface area (TPSA) is 81.5 Å². The van der Waals surface area contributed by atoms with Crippen LogP contribution in [-0.2, 0) is 11.2 Å². The van der Waals surface area contributed by atoms with Gasteiger partial charge in [-0.1, -0.05) is 60.2 Å². The van der Waals surface area contributed by atoms with Gasteiger partial charge in [-0.2, -0.15) is 4.99 Å². The largest absolute Gasteiger partial charge is 0.370 e. The monoisotopic (exact) mass is 281 g/mol. The van der Waals surface area contributed by atoms with Crippen LogP contribution in [0.5, 0.6) is 0 Å². The van der Waals surface area contributed by atoms with Crippen LogP contribution in [0.3, 0.4) is 0 Å². The van der Waals surface area contributed by atoms with E-state index in [1.807, 2.05) is 55.5 Å². The molecule has 21 heavy (non-hydrogen) atoms. The van der Waals surface area contributed by atoms with Gasteiger partial charge in [-0.3, -0.25) is 4.79 Å². The van der Waals surface area contributed by atoms with Gasteiger partial charge < -0.3 is 11.5 Å². The van der Waals surface area contributed by atoms with Crippen LogP contribution in [0.1, 0.15) is 22.6 Å². The molecule has 0 aliphatic heterocycles. The number of aliphatic imine (C=N–C) groups is 1. The first kappa shape index (κ1) is 14.8. The third-order valence-corrected chi connectivity index (χ3v) is 3.26. The molecule has 0 aliphatic rings. The number of carbonyl (C=O) groups excluding carboxylic acids is 1. The minimum atomic E-state index is -0.380. The molecular formula is C17H19N3O. The van der Waals surface area contributed by atoms with E-state index in [4.69, 9.17) is 11.5 Å². The Hall–Kier alpha value is -2.62. The Labute approximate surface area is 124 Å². The second-order valence-electron chi connectivity index (χ2n) is 5.03. The highest BCUT2D eigenvalue weighted by Crippen LogP contribution is 2.23. The van der Waals surface area contributed by atoms with Gasteiger partial charge in [0.25, 0.3) is 5.91 Å². The Bertz CT molecular complexity index is 646. The van der Waals surface area contributed by atoms with Crippen LogP contribution < -0.4 is 11.5 Å². The van der Waals surface area contributed by atoms with Crippen molar-refractivity contribution in [2.75, 3.05) is 0 Å². The van der Waals surface area contributed by atoms with Crippen molar-refractivity contribution in [1.82, 2.24) is 0 Å². The molecule has 0 spiro atoms. The normalized spacial score (nSPS) is 11.7. The molecule has 4 N–H and O–H groups in total. The first-order valence-electron chi connectivity index (χ1n) is 6.80. The minimum Gasteiger partial charge on any atom is -0.370 e. The lowest BCUT2D eigenvalue weighted by molar-refractivity contribution is -0.119. The average Bonchev–Trinajstić information content (AvgIpc) is 2.45. The third-order valence-electron chi connectivity index (χ3n) is 3.26. The summed E-state index contributed by atoms with van der Waals surface area (Å²) < 4.78 is 0. The molecule has 108 valence electrons. The number of guanidine groups is 1. The van der Waals surface area contributed by atoms with Crippen LogP contribution in [-0.4, -0.2) is 11.9 Å². The maximum absolute atomic E-state index is 12.3. The van der Waals surface area contributed by atoms with E-state index >= 15 is 0 Å². The fourth-order valence-electron chi connectivity index (χ4n) is 2.31. The molecule has 0 radical (unpaired) electrons. The average molecular weight is 281 g/mol. The molecule has 0 saturated heterocycles. The highest BCUT2D eigenvalue weighted by molar-refractivity contribution is 5.95. The molecule has 4 nitrogen and oxygen atoms in total. The molecule has 2 aromatic carbocycles. The molecule has 4 heteroatoms. The van der Waals surface area contributed by atoms with Crippen LogP contribution in [0, 0.1) is 6.92 Å². The third kappa shape index (κ3) is 4.18. The predicted molar refractivity (Wildman–Crippen MR) is 84.9 cm³/mol. The van der Waals surface area contributed by atoms with Gasteiger partial charge in [0.1, 0.15) is 0 Å².